The van der Waals surface area contributed by atoms with Crippen LogP contribution in [-0.4, -0.2) is 38.6 Å². The fourth-order valence-corrected chi connectivity index (χ4v) is 3.47. The van der Waals surface area contributed by atoms with Crippen molar-refractivity contribution in [2.45, 2.75) is 20.0 Å². The minimum Gasteiger partial charge on any atom is -0.494 e. The lowest BCUT2D eigenvalue weighted by Gasteiger charge is -2.10. The van der Waals surface area contributed by atoms with Crippen LogP contribution in [0.3, 0.4) is 0 Å². The van der Waals surface area contributed by atoms with Gasteiger partial charge in [0.15, 0.2) is 0 Å². The molecule has 9 heteroatoms. The first-order chi connectivity index (χ1) is 17.0. The van der Waals surface area contributed by atoms with Crippen LogP contribution in [-0.2, 0) is 17.9 Å². The molecule has 0 bridgehead atoms. The Morgan fingerprint density at radius 1 is 0.800 bits per heavy atom. The van der Waals surface area contributed by atoms with Crippen molar-refractivity contribution < 1.29 is 9.53 Å². The SMILES string of the molecule is CCOc1ccc(-c2ccc(=O)n(CC(=O)NCCn3nc(-c4ccccc4)ccc3=O)n2)cc1. The number of benzene rings is 2. The number of rotatable bonds is 9. The lowest BCUT2D eigenvalue weighted by Crippen LogP contribution is -2.36. The fraction of sp³-hybridized carbons (Fsp3) is 0.192. The number of carbonyl (C=O) groups excluding carboxylic acids is 1. The van der Waals surface area contributed by atoms with E-state index in [-0.39, 0.29) is 30.8 Å². The van der Waals surface area contributed by atoms with Gasteiger partial charge in [-0.3, -0.25) is 14.4 Å². The van der Waals surface area contributed by atoms with E-state index in [0.29, 0.717) is 18.0 Å². The first-order valence-corrected chi connectivity index (χ1v) is 11.2. The largest absolute Gasteiger partial charge is 0.494 e. The second kappa shape index (κ2) is 11.1. The molecule has 0 saturated carbocycles. The van der Waals surface area contributed by atoms with Gasteiger partial charge in [-0.25, -0.2) is 9.36 Å². The van der Waals surface area contributed by atoms with Gasteiger partial charge >= 0.3 is 0 Å². The van der Waals surface area contributed by atoms with Crippen molar-refractivity contribution in [1.29, 1.82) is 0 Å². The fourth-order valence-electron chi connectivity index (χ4n) is 3.47. The normalized spacial score (nSPS) is 10.7. The predicted octanol–water partition coefficient (Wildman–Crippen LogP) is 2.35. The molecular formula is C26H25N5O4. The molecule has 2 aromatic carbocycles. The molecule has 0 atom stereocenters. The minimum atomic E-state index is -0.393. The summed E-state index contributed by atoms with van der Waals surface area (Å²) >= 11 is 0. The van der Waals surface area contributed by atoms with Crippen molar-refractivity contribution in [2.75, 3.05) is 13.2 Å². The highest BCUT2D eigenvalue weighted by molar-refractivity contribution is 5.75. The van der Waals surface area contributed by atoms with Gasteiger partial charge in [-0.2, -0.15) is 10.2 Å². The van der Waals surface area contributed by atoms with Gasteiger partial charge in [0, 0.05) is 29.8 Å². The Labute approximate surface area is 201 Å². The molecular weight excluding hydrogens is 446 g/mol. The van der Waals surface area contributed by atoms with Crippen LogP contribution in [0.4, 0.5) is 0 Å². The molecule has 4 aromatic rings. The van der Waals surface area contributed by atoms with Gasteiger partial charge in [-0.05, 0) is 43.3 Å². The Hall–Kier alpha value is -4.53. The molecule has 2 aromatic heterocycles. The summed E-state index contributed by atoms with van der Waals surface area (Å²) in [4.78, 5) is 36.9. The molecule has 2 heterocycles. The number of carbonyl (C=O) groups is 1. The molecule has 0 unspecified atom stereocenters. The van der Waals surface area contributed by atoms with Crippen molar-refractivity contribution in [2.24, 2.45) is 0 Å². The zero-order valence-corrected chi connectivity index (χ0v) is 19.3. The lowest BCUT2D eigenvalue weighted by molar-refractivity contribution is -0.121. The summed E-state index contributed by atoms with van der Waals surface area (Å²) in [5, 5.41) is 11.4. The molecule has 0 radical (unpaired) electrons. The van der Waals surface area contributed by atoms with E-state index in [1.807, 2.05) is 61.5 Å². The average Bonchev–Trinajstić information content (AvgIpc) is 2.88. The first kappa shape index (κ1) is 23.6. The van der Waals surface area contributed by atoms with Gasteiger partial charge in [0.25, 0.3) is 11.1 Å². The van der Waals surface area contributed by atoms with Gasteiger partial charge in [0.2, 0.25) is 5.91 Å². The molecule has 35 heavy (non-hydrogen) atoms. The summed E-state index contributed by atoms with van der Waals surface area (Å²) in [7, 11) is 0. The molecule has 178 valence electrons. The van der Waals surface area contributed by atoms with E-state index in [1.165, 1.54) is 16.8 Å². The smallest absolute Gasteiger partial charge is 0.267 e. The minimum absolute atomic E-state index is 0.178. The van der Waals surface area contributed by atoms with E-state index in [2.05, 4.69) is 15.5 Å². The predicted molar refractivity (Wildman–Crippen MR) is 132 cm³/mol. The van der Waals surface area contributed by atoms with Crippen molar-refractivity contribution in [3.8, 4) is 28.3 Å². The van der Waals surface area contributed by atoms with Crippen molar-refractivity contribution >= 4 is 5.91 Å². The van der Waals surface area contributed by atoms with Crippen LogP contribution in [0.1, 0.15) is 6.92 Å². The number of nitrogens with one attached hydrogen (secondary N) is 1. The molecule has 0 aliphatic rings. The standard InChI is InChI=1S/C26H25N5O4/c1-2-35-21-10-8-20(9-11-21)23-13-15-26(34)31(29-23)18-24(32)27-16-17-30-25(33)14-12-22(28-30)19-6-4-3-5-7-19/h3-15H,2,16-18H2,1H3,(H,27,32). The maximum atomic E-state index is 12.5. The van der Waals surface area contributed by atoms with E-state index in [9.17, 15) is 14.4 Å². The quantitative estimate of drug-likeness (QED) is 0.402. The molecule has 0 aliphatic carbocycles. The number of ether oxygens (including phenoxy) is 1. The van der Waals surface area contributed by atoms with Gasteiger partial charge in [-0.15, -0.1) is 0 Å². The lowest BCUT2D eigenvalue weighted by atomic mass is 10.1. The molecule has 0 saturated heterocycles. The molecule has 9 nitrogen and oxygen atoms in total. The zero-order valence-electron chi connectivity index (χ0n) is 19.3. The highest BCUT2D eigenvalue weighted by atomic mass is 16.5. The zero-order chi connectivity index (χ0) is 24.6. The van der Waals surface area contributed by atoms with Crippen LogP contribution >= 0.6 is 0 Å². The summed E-state index contributed by atoms with van der Waals surface area (Å²) in [6, 6.07) is 23.0. The number of nitrogens with zero attached hydrogens (tertiary/aromatic N) is 4. The second-order valence-corrected chi connectivity index (χ2v) is 7.67. The maximum absolute atomic E-state index is 12.5. The third-order valence-corrected chi connectivity index (χ3v) is 5.20. The van der Waals surface area contributed by atoms with Gasteiger partial charge in [0.05, 0.1) is 24.5 Å². The highest BCUT2D eigenvalue weighted by Crippen LogP contribution is 2.20. The summed E-state index contributed by atoms with van der Waals surface area (Å²) in [5.41, 5.74) is 2.27. The second-order valence-electron chi connectivity index (χ2n) is 7.67. The highest BCUT2D eigenvalue weighted by Gasteiger charge is 2.09. The Bertz CT molecular complexity index is 1410. The van der Waals surface area contributed by atoms with Crippen molar-refractivity contribution in [3.63, 3.8) is 0 Å². The summed E-state index contributed by atoms with van der Waals surface area (Å²) in [5.74, 6) is 0.350. The maximum Gasteiger partial charge on any atom is 0.267 e. The van der Waals surface area contributed by atoms with E-state index >= 15 is 0 Å². The van der Waals surface area contributed by atoms with Crippen LogP contribution < -0.4 is 21.2 Å². The Morgan fingerprint density at radius 3 is 2.06 bits per heavy atom. The summed E-state index contributed by atoms with van der Waals surface area (Å²) < 4.78 is 7.86. The molecule has 0 aliphatic heterocycles. The number of amides is 1. The third-order valence-electron chi connectivity index (χ3n) is 5.20. The van der Waals surface area contributed by atoms with Crippen molar-refractivity contribution in [3.05, 3.63) is 99.6 Å². The molecule has 1 amide bonds. The van der Waals surface area contributed by atoms with Crippen LogP contribution in [0.15, 0.2) is 88.5 Å². The van der Waals surface area contributed by atoms with Crippen LogP contribution in [0.25, 0.3) is 22.5 Å². The number of aromatic nitrogens is 4. The van der Waals surface area contributed by atoms with E-state index in [4.69, 9.17) is 4.74 Å². The van der Waals surface area contributed by atoms with Gasteiger partial charge < -0.3 is 10.1 Å². The summed E-state index contributed by atoms with van der Waals surface area (Å²) in [6.07, 6.45) is 0. The van der Waals surface area contributed by atoms with E-state index in [0.717, 1.165) is 21.6 Å². The van der Waals surface area contributed by atoms with Crippen molar-refractivity contribution in [1.82, 2.24) is 24.9 Å². The molecule has 1 N–H and O–H groups in total. The van der Waals surface area contributed by atoms with E-state index < -0.39 is 5.91 Å². The monoisotopic (exact) mass is 471 g/mol. The topological polar surface area (TPSA) is 108 Å². The Morgan fingerprint density at radius 2 is 1.40 bits per heavy atom. The molecule has 0 spiro atoms. The van der Waals surface area contributed by atoms with Crippen LogP contribution in [0.2, 0.25) is 0 Å². The molecule has 4 rings (SSSR count). The van der Waals surface area contributed by atoms with Crippen LogP contribution in [0, 0.1) is 0 Å². The summed E-state index contributed by atoms with van der Waals surface area (Å²) in [6.45, 7) is 2.61. The van der Waals surface area contributed by atoms with Gasteiger partial charge in [-0.1, -0.05) is 30.3 Å². The Kier molecular flexibility index (Phi) is 7.47. The first-order valence-electron chi connectivity index (χ1n) is 11.2. The Balaban J connectivity index is 1.38. The van der Waals surface area contributed by atoms with Crippen LogP contribution in [0.5, 0.6) is 5.75 Å². The van der Waals surface area contributed by atoms with E-state index in [1.54, 1.807) is 12.1 Å². The third kappa shape index (κ3) is 6.08. The molecule has 0 fully saturated rings. The van der Waals surface area contributed by atoms with Gasteiger partial charge in [0.1, 0.15) is 12.3 Å². The number of hydrogen-bond acceptors (Lipinski definition) is 6. The average molecular weight is 472 g/mol. The number of hydrogen-bond donors (Lipinski definition) is 1.